The van der Waals surface area contributed by atoms with E-state index in [2.05, 4.69) is 4.99 Å². The first-order valence-corrected chi connectivity index (χ1v) is 6.91. The topological polar surface area (TPSA) is 67.9 Å². The van der Waals surface area contributed by atoms with Crippen molar-refractivity contribution < 1.29 is 9.53 Å². The third kappa shape index (κ3) is 3.24. The highest BCUT2D eigenvalue weighted by Gasteiger charge is 2.28. The van der Waals surface area contributed by atoms with Crippen LogP contribution >= 0.6 is 0 Å². The summed E-state index contributed by atoms with van der Waals surface area (Å²) in [5.41, 5.74) is 8.93. The highest BCUT2D eigenvalue weighted by atomic mass is 16.5. The molecule has 0 bridgehead atoms. The number of allylic oxidation sites excluding steroid dienone is 1. The number of carbonyl (C=O) groups excluding carboxylic acids is 1. The first-order chi connectivity index (χ1) is 10.1. The minimum absolute atomic E-state index is 0.0561. The highest BCUT2D eigenvalue weighted by Crippen LogP contribution is 2.20. The van der Waals surface area contributed by atoms with Gasteiger partial charge in [0.1, 0.15) is 11.5 Å². The third-order valence-corrected chi connectivity index (χ3v) is 3.64. The summed E-state index contributed by atoms with van der Waals surface area (Å²) in [6.45, 7) is 3.04. The number of aliphatic imine (C=N–C) groups is 1. The van der Waals surface area contributed by atoms with Crippen molar-refractivity contribution in [3.8, 4) is 5.75 Å². The van der Waals surface area contributed by atoms with E-state index in [0.717, 1.165) is 23.3 Å². The van der Waals surface area contributed by atoms with Gasteiger partial charge in [0.05, 0.1) is 7.11 Å². The Morgan fingerprint density at radius 2 is 2.05 bits per heavy atom. The molecule has 0 unspecified atom stereocenters. The van der Waals surface area contributed by atoms with Gasteiger partial charge < -0.3 is 15.4 Å². The summed E-state index contributed by atoms with van der Waals surface area (Å²) < 4.78 is 5.14. The number of nitrogens with zero attached hydrogens (tertiary/aromatic N) is 2. The molecule has 0 spiro atoms. The number of hydrogen-bond acceptors (Lipinski definition) is 4. The predicted octanol–water partition coefficient (Wildman–Crippen LogP) is 1.73. The van der Waals surface area contributed by atoms with Crippen molar-refractivity contribution in [1.82, 2.24) is 4.90 Å². The van der Waals surface area contributed by atoms with E-state index < -0.39 is 0 Å². The van der Waals surface area contributed by atoms with E-state index in [0.29, 0.717) is 24.5 Å². The normalized spacial score (nSPS) is 19.9. The van der Waals surface area contributed by atoms with Crippen LogP contribution in [0.3, 0.4) is 0 Å². The molecule has 1 amide bonds. The number of methoxy groups -OCH3 is 1. The Bertz CT molecular complexity index is 584. The Balaban J connectivity index is 2.15. The molecule has 0 aliphatic carbocycles. The fraction of sp³-hybridized carbons (Fsp3) is 0.375. The summed E-state index contributed by atoms with van der Waals surface area (Å²) in [7, 11) is 3.27. The molecule has 1 saturated heterocycles. The van der Waals surface area contributed by atoms with E-state index in [1.54, 1.807) is 19.1 Å². The second-order valence-corrected chi connectivity index (χ2v) is 5.06. The van der Waals surface area contributed by atoms with Crippen LogP contribution in [0.4, 0.5) is 0 Å². The number of rotatable bonds is 3. The Morgan fingerprint density at radius 3 is 2.57 bits per heavy atom. The van der Waals surface area contributed by atoms with Crippen LogP contribution in [0.25, 0.3) is 0 Å². The van der Waals surface area contributed by atoms with Crippen molar-refractivity contribution in [2.45, 2.75) is 19.9 Å². The zero-order valence-corrected chi connectivity index (χ0v) is 12.7. The van der Waals surface area contributed by atoms with E-state index in [1.165, 1.54) is 0 Å². The maximum absolute atomic E-state index is 12.5. The van der Waals surface area contributed by atoms with Crippen molar-refractivity contribution in [3.63, 3.8) is 0 Å². The lowest BCUT2D eigenvalue weighted by molar-refractivity contribution is -0.125. The second kappa shape index (κ2) is 6.43. The second-order valence-electron chi connectivity index (χ2n) is 5.06. The number of ether oxygens (including phenoxy) is 1. The van der Waals surface area contributed by atoms with Gasteiger partial charge in [-0.05, 0) is 31.0 Å². The zero-order valence-electron chi connectivity index (χ0n) is 12.7. The van der Waals surface area contributed by atoms with Gasteiger partial charge in [-0.25, -0.2) is 0 Å². The Labute approximate surface area is 125 Å². The molecule has 112 valence electrons. The average Bonchev–Trinajstić information content (AvgIpc) is 2.49. The first kappa shape index (κ1) is 15.1. The Morgan fingerprint density at radius 1 is 1.38 bits per heavy atom. The number of hydrogen-bond donors (Lipinski definition) is 1. The molecule has 1 aromatic rings. The molecule has 1 aromatic carbocycles. The molecular weight excluding hydrogens is 266 g/mol. The maximum Gasteiger partial charge on any atom is 0.272 e. The fourth-order valence-electron chi connectivity index (χ4n) is 2.46. The summed E-state index contributed by atoms with van der Waals surface area (Å²) >= 11 is 0. The van der Waals surface area contributed by atoms with E-state index in [4.69, 9.17) is 10.5 Å². The number of nitrogens with two attached hydrogens (primary N) is 1. The monoisotopic (exact) mass is 287 g/mol. The lowest BCUT2D eigenvalue weighted by atomic mass is 9.98. The third-order valence-electron chi connectivity index (χ3n) is 3.64. The van der Waals surface area contributed by atoms with Crippen molar-refractivity contribution in [2.24, 2.45) is 10.7 Å². The van der Waals surface area contributed by atoms with Crippen LogP contribution in [0.1, 0.15) is 18.9 Å². The van der Waals surface area contributed by atoms with Gasteiger partial charge in [0.2, 0.25) is 0 Å². The molecule has 5 nitrogen and oxygen atoms in total. The standard InChI is InChI=1S/C16H21N3O2/c1-11(17)14-8-9-19(16(20)15(14)18-2)10-12-4-6-13(21-3)7-5-12/h4-7H,8-10,17H2,1-3H3/b14-11-,18-15?. The summed E-state index contributed by atoms with van der Waals surface area (Å²) in [6, 6.07) is 7.73. The summed E-state index contributed by atoms with van der Waals surface area (Å²) in [6.07, 6.45) is 0.747. The van der Waals surface area contributed by atoms with Gasteiger partial charge in [0.15, 0.2) is 0 Å². The molecule has 1 fully saturated rings. The average molecular weight is 287 g/mol. The van der Waals surface area contributed by atoms with E-state index in [9.17, 15) is 4.79 Å². The van der Waals surface area contributed by atoms with Crippen LogP contribution in [-0.4, -0.2) is 37.2 Å². The van der Waals surface area contributed by atoms with Crippen LogP contribution in [0.15, 0.2) is 40.5 Å². The van der Waals surface area contributed by atoms with Gasteiger partial charge >= 0.3 is 0 Å². The van der Waals surface area contributed by atoms with Crippen LogP contribution in [-0.2, 0) is 11.3 Å². The van der Waals surface area contributed by atoms with Crippen LogP contribution in [0.5, 0.6) is 5.75 Å². The van der Waals surface area contributed by atoms with E-state index in [-0.39, 0.29) is 5.91 Å². The maximum atomic E-state index is 12.5. The summed E-state index contributed by atoms with van der Waals surface area (Å²) in [4.78, 5) is 18.4. The molecule has 2 rings (SSSR count). The van der Waals surface area contributed by atoms with Gasteiger partial charge in [-0.1, -0.05) is 12.1 Å². The fourth-order valence-corrected chi connectivity index (χ4v) is 2.46. The molecule has 1 aliphatic rings. The van der Waals surface area contributed by atoms with Gasteiger partial charge in [-0.15, -0.1) is 0 Å². The lowest BCUT2D eigenvalue weighted by Crippen LogP contribution is -2.43. The molecule has 21 heavy (non-hydrogen) atoms. The van der Waals surface area contributed by atoms with Crippen molar-refractivity contribution >= 4 is 11.6 Å². The number of likely N-dealkylation sites (tertiary alicyclic amines) is 1. The molecular formula is C16H21N3O2. The molecule has 0 saturated carbocycles. The summed E-state index contributed by atoms with van der Waals surface area (Å²) in [5, 5.41) is 0. The molecule has 0 radical (unpaired) electrons. The van der Waals surface area contributed by atoms with E-state index >= 15 is 0 Å². The smallest absolute Gasteiger partial charge is 0.272 e. The Kier molecular flexibility index (Phi) is 4.62. The number of carbonyl (C=O) groups is 1. The molecule has 2 N–H and O–H groups in total. The molecule has 1 aliphatic heterocycles. The molecule has 0 aromatic heterocycles. The molecule has 1 heterocycles. The molecule has 5 heteroatoms. The minimum atomic E-state index is -0.0561. The quantitative estimate of drug-likeness (QED) is 0.920. The summed E-state index contributed by atoms with van der Waals surface area (Å²) in [5.74, 6) is 0.753. The van der Waals surface area contributed by atoms with Crippen LogP contribution in [0, 0.1) is 0 Å². The van der Waals surface area contributed by atoms with Gasteiger partial charge in [-0.2, -0.15) is 0 Å². The number of amides is 1. The number of piperidine rings is 1. The van der Waals surface area contributed by atoms with Crippen LogP contribution in [0.2, 0.25) is 0 Å². The number of benzene rings is 1. The van der Waals surface area contributed by atoms with Crippen molar-refractivity contribution in [2.75, 3.05) is 20.7 Å². The first-order valence-electron chi connectivity index (χ1n) is 6.91. The van der Waals surface area contributed by atoms with Crippen molar-refractivity contribution in [1.29, 1.82) is 0 Å². The lowest BCUT2D eigenvalue weighted by Gasteiger charge is -2.30. The van der Waals surface area contributed by atoms with Gasteiger partial charge in [-0.3, -0.25) is 9.79 Å². The minimum Gasteiger partial charge on any atom is -0.497 e. The highest BCUT2D eigenvalue weighted by molar-refractivity contribution is 6.45. The predicted molar refractivity (Wildman–Crippen MR) is 83.3 cm³/mol. The molecule has 0 atom stereocenters. The van der Waals surface area contributed by atoms with Crippen molar-refractivity contribution in [3.05, 3.63) is 41.1 Å². The van der Waals surface area contributed by atoms with Crippen LogP contribution < -0.4 is 10.5 Å². The van der Waals surface area contributed by atoms with Gasteiger partial charge in [0.25, 0.3) is 5.91 Å². The SMILES string of the molecule is CN=C1C(=O)N(Cc2ccc(OC)cc2)CC/C1=C(\C)N. The Hall–Kier alpha value is -2.30. The van der Waals surface area contributed by atoms with E-state index in [1.807, 2.05) is 31.2 Å². The zero-order chi connectivity index (χ0) is 15.4. The largest absolute Gasteiger partial charge is 0.497 e. The van der Waals surface area contributed by atoms with Gasteiger partial charge in [0, 0.05) is 31.4 Å².